The normalized spacial score (nSPS) is 19.0. The van der Waals surface area contributed by atoms with E-state index in [4.69, 9.17) is 5.11 Å². The molecule has 5 nitrogen and oxygen atoms in total. The minimum absolute atomic E-state index is 0.0625. The third-order valence-corrected chi connectivity index (χ3v) is 3.79. The van der Waals surface area contributed by atoms with E-state index in [-0.39, 0.29) is 17.3 Å². The second-order valence-corrected chi connectivity index (χ2v) is 5.29. The number of carboxylic acids is 1. The lowest BCUT2D eigenvalue weighted by molar-refractivity contribution is 0.0697. The summed E-state index contributed by atoms with van der Waals surface area (Å²) < 4.78 is 13.8. The van der Waals surface area contributed by atoms with Gasteiger partial charge >= 0.3 is 12.0 Å². The second kappa shape index (κ2) is 6.56. The number of carbonyl (C=O) groups is 2. The third kappa shape index (κ3) is 3.51. The van der Waals surface area contributed by atoms with Gasteiger partial charge in [0.25, 0.3) is 0 Å². The van der Waals surface area contributed by atoms with Gasteiger partial charge in [-0.25, -0.2) is 14.0 Å². The summed E-state index contributed by atoms with van der Waals surface area (Å²) >= 11 is 0. The number of aromatic carboxylic acids is 1. The van der Waals surface area contributed by atoms with E-state index in [0.717, 1.165) is 31.7 Å². The van der Waals surface area contributed by atoms with Crippen molar-refractivity contribution >= 4 is 17.7 Å². The highest BCUT2D eigenvalue weighted by Crippen LogP contribution is 2.22. The first kappa shape index (κ1) is 15.3. The first-order valence-corrected chi connectivity index (χ1v) is 7.10. The van der Waals surface area contributed by atoms with Crippen LogP contribution in [0.5, 0.6) is 0 Å². The Hall–Kier alpha value is -2.11. The smallest absolute Gasteiger partial charge is 0.337 e. The molecule has 6 heteroatoms. The topological polar surface area (TPSA) is 69.6 Å². The first-order valence-electron chi connectivity index (χ1n) is 7.10. The number of amides is 2. The Morgan fingerprint density at radius 1 is 1.33 bits per heavy atom. The van der Waals surface area contributed by atoms with E-state index in [0.29, 0.717) is 6.54 Å². The lowest BCUT2D eigenvalue weighted by Gasteiger charge is -2.27. The lowest BCUT2D eigenvalue weighted by Crippen LogP contribution is -2.41. The number of hydrogen-bond acceptors (Lipinski definition) is 2. The average molecular weight is 294 g/mol. The van der Waals surface area contributed by atoms with E-state index in [1.165, 1.54) is 12.1 Å². The van der Waals surface area contributed by atoms with Crippen molar-refractivity contribution in [3.05, 3.63) is 29.6 Å². The van der Waals surface area contributed by atoms with E-state index >= 15 is 0 Å². The molecule has 1 aliphatic rings. The molecular formula is C15H19FN2O3. The molecule has 2 amide bonds. The van der Waals surface area contributed by atoms with Crippen LogP contribution in [0.1, 0.15) is 43.0 Å². The van der Waals surface area contributed by atoms with E-state index in [1.807, 2.05) is 6.92 Å². The van der Waals surface area contributed by atoms with Crippen LogP contribution in [0.3, 0.4) is 0 Å². The van der Waals surface area contributed by atoms with Crippen LogP contribution in [-0.4, -0.2) is 34.6 Å². The number of carbonyl (C=O) groups excluding carboxylic acids is 1. The van der Waals surface area contributed by atoms with Gasteiger partial charge in [-0.2, -0.15) is 0 Å². The summed E-state index contributed by atoms with van der Waals surface area (Å²) in [5.74, 6) is -2.01. The van der Waals surface area contributed by atoms with Crippen LogP contribution in [-0.2, 0) is 0 Å². The fraction of sp³-hybridized carbons (Fsp3) is 0.467. The minimum Gasteiger partial charge on any atom is -0.478 e. The number of nitrogens with one attached hydrogen (secondary N) is 1. The van der Waals surface area contributed by atoms with Crippen molar-refractivity contribution in [2.24, 2.45) is 0 Å². The van der Waals surface area contributed by atoms with E-state index < -0.39 is 17.8 Å². The summed E-state index contributed by atoms with van der Waals surface area (Å²) in [5.41, 5.74) is -0.516. The van der Waals surface area contributed by atoms with Gasteiger partial charge in [-0.15, -0.1) is 0 Å². The molecule has 0 aromatic heterocycles. The second-order valence-electron chi connectivity index (χ2n) is 5.29. The molecule has 1 aliphatic heterocycles. The molecule has 1 unspecified atom stereocenters. The van der Waals surface area contributed by atoms with Gasteiger partial charge in [-0.3, -0.25) is 0 Å². The molecule has 0 bridgehead atoms. The molecule has 21 heavy (non-hydrogen) atoms. The zero-order chi connectivity index (χ0) is 15.4. The van der Waals surface area contributed by atoms with Crippen LogP contribution < -0.4 is 5.32 Å². The van der Waals surface area contributed by atoms with Gasteiger partial charge in [0.1, 0.15) is 5.82 Å². The predicted molar refractivity (Wildman–Crippen MR) is 77.0 cm³/mol. The predicted octanol–water partition coefficient (Wildman–Crippen LogP) is 3.32. The molecule has 114 valence electrons. The first-order chi connectivity index (χ1) is 10.0. The maximum absolute atomic E-state index is 13.8. The van der Waals surface area contributed by atoms with Crippen molar-refractivity contribution < 1.29 is 19.1 Å². The third-order valence-electron chi connectivity index (χ3n) is 3.79. The van der Waals surface area contributed by atoms with Gasteiger partial charge in [0.05, 0.1) is 11.3 Å². The van der Waals surface area contributed by atoms with Crippen molar-refractivity contribution in [3.63, 3.8) is 0 Å². The van der Waals surface area contributed by atoms with Gasteiger partial charge in [0, 0.05) is 12.6 Å². The molecule has 1 heterocycles. The Morgan fingerprint density at radius 3 is 2.81 bits per heavy atom. The molecule has 0 aliphatic carbocycles. The van der Waals surface area contributed by atoms with Crippen LogP contribution >= 0.6 is 0 Å². The van der Waals surface area contributed by atoms with Crippen molar-refractivity contribution in [2.75, 3.05) is 11.9 Å². The summed E-state index contributed by atoms with van der Waals surface area (Å²) in [7, 11) is 0. The monoisotopic (exact) mass is 294 g/mol. The van der Waals surface area contributed by atoms with Gasteiger partial charge in [-0.1, -0.05) is 18.9 Å². The van der Waals surface area contributed by atoms with Crippen molar-refractivity contribution in [2.45, 2.75) is 38.6 Å². The van der Waals surface area contributed by atoms with E-state index in [2.05, 4.69) is 5.32 Å². The molecule has 2 N–H and O–H groups in total. The molecule has 1 fully saturated rings. The molecule has 1 atom stereocenters. The van der Waals surface area contributed by atoms with Gasteiger partial charge in [0.2, 0.25) is 0 Å². The number of urea groups is 1. The average Bonchev–Trinajstić information content (AvgIpc) is 2.65. The van der Waals surface area contributed by atoms with Gasteiger partial charge in [-0.05, 0) is 31.9 Å². The molecule has 0 radical (unpaired) electrons. The van der Waals surface area contributed by atoms with Crippen molar-refractivity contribution in [3.8, 4) is 0 Å². The maximum Gasteiger partial charge on any atom is 0.337 e. The fourth-order valence-electron chi connectivity index (χ4n) is 2.58. The van der Waals surface area contributed by atoms with Crippen LogP contribution in [0.15, 0.2) is 18.2 Å². The Kier molecular flexibility index (Phi) is 4.77. The standard InChI is InChI=1S/C15H19FN2O3/c1-10-6-3-2-4-9-18(10)15(21)17-13-11(14(19)20)7-5-8-12(13)16/h5,7-8,10H,2-4,6,9H2,1H3,(H,17,21)(H,19,20). The molecule has 0 saturated carbocycles. The zero-order valence-corrected chi connectivity index (χ0v) is 11.9. The van der Waals surface area contributed by atoms with E-state index in [9.17, 15) is 14.0 Å². The Balaban J connectivity index is 2.21. The number of anilines is 1. The molecule has 1 aromatic carbocycles. The number of hydrogen-bond donors (Lipinski definition) is 2. The largest absolute Gasteiger partial charge is 0.478 e. The van der Waals surface area contributed by atoms with Crippen LogP contribution in [0.25, 0.3) is 0 Å². The number of carboxylic acid groups (broad SMARTS) is 1. The number of para-hydroxylation sites is 1. The van der Waals surface area contributed by atoms with Crippen molar-refractivity contribution in [1.29, 1.82) is 0 Å². The van der Waals surface area contributed by atoms with Crippen LogP contribution in [0.4, 0.5) is 14.9 Å². The zero-order valence-electron chi connectivity index (χ0n) is 11.9. The molecule has 1 aromatic rings. The highest BCUT2D eigenvalue weighted by Gasteiger charge is 2.24. The van der Waals surface area contributed by atoms with Gasteiger partial charge in [0.15, 0.2) is 0 Å². The Bertz CT molecular complexity index is 548. The highest BCUT2D eigenvalue weighted by molar-refractivity contribution is 6.00. The summed E-state index contributed by atoms with van der Waals surface area (Å²) in [6.07, 6.45) is 3.93. The SMILES string of the molecule is CC1CCCCCN1C(=O)Nc1c(F)cccc1C(=O)O. The summed E-state index contributed by atoms with van der Waals surface area (Å²) in [6, 6.07) is 3.33. The number of halogens is 1. The minimum atomic E-state index is -1.27. The number of benzene rings is 1. The Morgan fingerprint density at radius 2 is 2.10 bits per heavy atom. The summed E-state index contributed by atoms with van der Waals surface area (Å²) in [4.78, 5) is 25.1. The molecule has 1 saturated heterocycles. The molecule has 2 rings (SSSR count). The maximum atomic E-state index is 13.8. The van der Waals surface area contributed by atoms with Crippen molar-refractivity contribution in [1.82, 2.24) is 4.90 Å². The molecular weight excluding hydrogens is 275 g/mol. The fourth-order valence-corrected chi connectivity index (χ4v) is 2.58. The summed E-state index contributed by atoms with van der Waals surface area (Å²) in [6.45, 7) is 2.55. The van der Waals surface area contributed by atoms with Crippen LogP contribution in [0.2, 0.25) is 0 Å². The summed E-state index contributed by atoms with van der Waals surface area (Å²) in [5, 5.41) is 11.5. The molecule has 0 spiro atoms. The highest BCUT2D eigenvalue weighted by atomic mass is 19.1. The Labute approximate surface area is 122 Å². The lowest BCUT2D eigenvalue weighted by atomic mass is 10.1. The number of rotatable bonds is 2. The quantitative estimate of drug-likeness (QED) is 0.879. The van der Waals surface area contributed by atoms with Crippen LogP contribution in [0, 0.1) is 5.82 Å². The number of nitrogens with zero attached hydrogens (tertiary/aromatic N) is 1. The number of likely N-dealkylation sites (tertiary alicyclic amines) is 1. The van der Waals surface area contributed by atoms with Gasteiger partial charge < -0.3 is 15.3 Å². The van der Waals surface area contributed by atoms with E-state index in [1.54, 1.807) is 4.90 Å².